The van der Waals surface area contributed by atoms with Crippen LogP contribution in [0.2, 0.25) is 5.02 Å². The van der Waals surface area contributed by atoms with Gasteiger partial charge in [-0.05, 0) is 24.3 Å². The number of hydrogen-bond donors (Lipinski definition) is 0. The van der Waals surface area contributed by atoms with Crippen molar-refractivity contribution in [2.75, 3.05) is 0 Å². The van der Waals surface area contributed by atoms with Crippen LogP contribution in [0.1, 0.15) is 32.4 Å². The molecule has 7 heteroatoms. The molecule has 1 unspecified atom stereocenters. The van der Waals surface area contributed by atoms with Crippen LogP contribution in [0.5, 0.6) is 0 Å². The molecule has 140 valence electrons. The molecular weight excluding hydrogens is 382 g/mol. The Bertz CT molecular complexity index is 1020. The monoisotopic (exact) mass is 395 g/mol. The average Bonchev–Trinajstić information content (AvgIpc) is 2.72. The van der Waals surface area contributed by atoms with Gasteiger partial charge < -0.3 is 4.74 Å². The van der Waals surface area contributed by atoms with Crippen molar-refractivity contribution in [1.82, 2.24) is 0 Å². The Balaban J connectivity index is 1.97. The molecule has 0 fully saturated rings. The van der Waals surface area contributed by atoms with Gasteiger partial charge in [0.05, 0.1) is 15.5 Å². The molecule has 0 heterocycles. The van der Waals surface area contributed by atoms with Gasteiger partial charge in [0.2, 0.25) is 5.78 Å². The van der Waals surface area contributed by atoms with E-state index in [1.807, 2.05) is 0 Å². The van der Waals surface area contributed by atoms with Gasteiger partial charge in [-0.15, -0.1) is 0 Å². The van der Waals surface area contributed by atoms with E-state index in [1.54, 1.807) is 42.5 Å². The molecule has 6 nitrogen and oxygen atoms in total. The first-order valence-corrected chi connectivity index (χ1v) is 8.64. The number of carbonyl (C=O) groups excluding carboxylic acids is 2. The molecule has 0 bridgehead atoms. The van der Waals surface area contributed by atoms with Crippen molar-refractivity contribution in [3.8, 4) is 0 Å². The van der Waals surface area contributed by atoms with Crippen molar-refractivity contribution in [3.63, 3.8) is 0 Å². The SMILES string of the molecule is O=C(OC(C(=O)c1ccccc1)c1ccc([N+](=O)[O-])cc1)c1ccccc1Cl. The van der Waals surface area contributed by atoms with Gasteiger partial charge in [0.1, 0.15) is 0 Å². The first-order chi connectivity index (χ1) is 13.5. The van der Waals surface area contributed by atoms with E-state index in [2.05, 4.69) is 0 Å². The zero-order valence-corrected chi connectivity index (χ0v) is 15.2. The number of nitro groups is 1. The van der Waals surface area contributed by atoms with Crippen molar-refractivity contribution in [2.45, 2.75) is 6.10 Å². The van der Waals surface area contributed by atoms with Crippen LogP contribution in [0.25, 0.3) is 0 Å². The number of benzene rings is 3. The lowest BCUT2D eigenvalue weighted by Crippen LogP contribution is -2.20. The summed E-state index contributed by atoms with van der Waals surface area (Å²) in [5.74, 6) is -1.21. The number of hydrogen-bond acceptors (Lipinski definition) is 5. The van der Waals surface area contributed by atoms with Crippen molar-refractivity contribution in [3.05, 3.63) is 111 Å². The molecule has 3 aromatic rings. The maximum atomic E-state index is 13.0. The van der Waals surface area contributed by atoms with Crippen LogP contribution in [0.4, 0.5) is 5.69 Å². The Labute approximate surface area is 165 Å². The van der Waals surface area contributed by atoms with Gasteiger partial charge >= 0.3 is 5.97 Å². The topological polar surface area (TPSA) is 86.5 Å². The highest BCUT2D eigenvalue weighted by Gasteiger charge is 2.28. The average molecular weight is 396 g/mol. The third-order valence-electron chi connectivity index (χ3n) is 4.02. The second-order valence-corrected chi connectivity index (χ2v) is 6.25. The van der Waals surface area contributed by atoms with Crippen LogP contribution in [-0.2, 0) is 4.74 Å². The van der Waals surface area contributed by atoms with Crippen molar-refractivity contribution >= 4 is 29.0 Å². The lowest BCUT2D eigenvalue weighted by atomic mass is 9.99. The highest BCUT2D eigenvalue weighted by Crippen LogP contribution is 2.27. The predicted molar refractivity (Wildman–Crippen MR) is 103 cm³/mol. The van der Waals surface area contributed by atoms with Crippen molar-refractivity contribution in [2.24, 2.45) is 0 Å². The first-order valence-electron chi connectivity index (χ1n) is 8.26. The Morgan fingerprint density at radius 2 is 1.50 bits per heavy atom. The van der Waals surface area contributed by atoms with E-state index < -0.39 is 22.8 Å². The number of rotatable bonds is 6. The number of carbonyl (C=O) groups is 2. The van der Waals surface area contributed by atoms with E-state index in [0.29, 0.717) is 11.1 Å². The molecule has 3 rings (SSSR count). The number of esters is 1. The molecule has 0 N–H and O–H groups in total. The highest BCUT2D eigenvalue weighted by atomic mass is 35.5. The van der Waals surface area contributed by atoms with E-state index in [1.165, 1.54) is 36.4 Å². The normalized spacial score (nSPS) is 11.5. The minimum Gasteiger partial charge on any atom is -0.445 e. The van der Waals surface area contributed by atoms with Crippen LogP contribution in [-0.4, -0.2) is 16.7 Å². The predicted octanol–water partition coefficient (Wildman–Crippen LogP) is 5.03. The van der Waals surface area contributed by atoms with E-state index in [-0.39, 0.29) is 16.3 Å². The second-order valence-electron chi connectivity index (χ2n) is 5.84. The van der Waals surface area contributed by atoms with Gasteiger partial charge in [0, 0.05) is 23.3 Å². The summed E-state index contributed by atoms with van der Waals surface area (Å²) in [5.41, 5.74) is 0.654. The van der Waals surface area contributed by atoms with Gasteiger partial charge in [0.25, 0.3) is 5.69 Å². The Kier molecular flexibility index (Phi) is 5.81. The summed E-state index contributed by atoms with van der Waals surface area (Å²) in [5, 5.41) is 11.1. The van der Waals surface area contributed by atoms with Crippen molar-refractivity contribution < 1.29 is 19.2 Å². The zero-order valence-electron chi connectivity index (χ0n) is 14.4. The zero-order chi connectivity index (χ0) is 20.1. The van der Waals surface area contributed by atoms with E-state index in [4.69, 9.17) is 16.3 Å². The van der Waals surface area contributed by atoms with Gasteiger partial charge in [-0.1, -0.05) is 54.1 Å². The number of ketones is 1. The molecule has 0 saturated carbocycles. The summed E-state index contributed by atoms with van der Waals surface area (Å²) in [4.78, 5) is 35.9. The maximum absolute atomic E-state index is 13.0. The van der Waals surface area contributed by atoms with E-state index in [9.17, 15) is 19.7 Å². The molecule has 0 aliphatic rings. The van der Waals surface area contributed by atoms with E-state index >= 15 is 0 Å². The molecule has 0 spiro atoms. The van der Waals surface area contributed by atoms with Crippen LogP contribution < -0.4 is 0 Å². The van der Waals surface area contributed by atoms with Crippen LogP contribution in [0.15, 0.2) is 78.9 Å². The fraction of sp³-hybridized carbons (Fsp3) is 0.0476. The van der Waals surface area contributed by atoms with Crippen LogP contribution in [0, 0.1) is 10.1 Å². The number of ether oxygens (including phenoxy) is 1. The summed E-state index contributed by atoms with van der Waals surface area (Å²) < 4.78 is 5.48. The van der Waals surface area contributed by atoms with Gasteiger partial charge in [-0.2, -0.15) is 0 Å². The number of nitro benzene ring substituents is 1. The molecule has 0 amide bonds. The molecule has 0 radical (unpaired) electrons. The Hall–Kier alpha value is -3.51. The van der Waals surface area contributed by atoms with Gasteiger partial charge in [-0.25, -0.2) is 4.79 Å². The standard InChI is InChI=1S/C21H14ClNO5/c22-18-9-5-4-8-17(18)21(25)28-20(19(24)14-6-2-1-3-7-14)15-10-12-16(13-11-15)23(26)27/h1-13,20H. The molecule has 3 aromatic carbocycles. The summed E-state index contributed by atoms with van der Waals surface area (Å²) in [6, 6.07) is 20.0. The number of Topliss-reactive ketones (excluding diaryl/α,β-unsaturated/α-hetero) is 1. The van der Waals surface area contributed by atoms with Crippen LogP contribution >= 0.6 is 11.6 Å². The minimum atomic E-state index is -1.27. The molecular formula is C21H14ClNO5. The quantitative estimate of drug-likeness (QED) is 0.253. The summed E-state index contributed by atoms with van der Waals surface area (Å²) in [6.07, 6.45) is -1.27. The third kappa shape index (κ3) is 4.24. The molecule has 0 aromatic heterocycles. The first kappa shape index (κ1) is 19.3. The lowest BCUT2D eigenvalue weighted by Gasteiger charge is -2.18. The third-order valence-corrected chi connectivity index (χ3v) is 4.35. The maximum Gasteiger partial charge on any atom is 0.340 e. The highest BCUT2D eigenvalue weighted by molar-refractivity contribution is 6.33. The smallest absolute Gasteiger partial charge is 0.340 e. The summed E-state index contributed by atoms with van der Waals surface area (Å²) in [7, 11) is 0. The summed E-state index contributed by atoms with van der Waals surface area (Å²) in [6.45, 7) is 0. The summed E-state index contributed by atoms with van der Waals surface area (Å²) >= 11 is 6.04. The fourth-order valence-electron chi connectivity index (χ4n) is 2.59. The molecule has 0 saturated heterocycles. The fourth-order valence-corrected chi connectivity index (χ4v) is 2.81. The Morgan fingerprint density at radius 3 is 2.11 bits per heavy atom. The Morgan fingerprint density at radius 1 is 0.893 bits per heavy atom. The van der Waals surface area contributed by atoms with Gasteiger partial charge in [0.15, 0.2) is 6.10 Å². The number of halogens is 1. The molecule has 0 aliphatic carbocycles. The minimum absolute atomic E-state index is 0.122. The second kappa shape index (κ2) is 8.45. The van der Waals surface area contributed by atoms with Crippen molar-refractivity contribution in [1.29, 1.82) is 0 Å². The van der Waals surface area contributed by atoms with Crippen LogP contribution in [0.3, 0.4) is 0 Å². The molecule has 1 atom stereocenters. The van der Waals surface area contributed by atoms with E-state index in [0.717, 1.165) is 0 Å². The van der Waals surface area contributed by atoms with Gasteiger partial charge in [-0.3, -0.25) is 14.9 Å². The number of non-ortho nitro benzene ring substituents is 1. The number of nitrogens with zero attached hydrogens (tertiary/aromatic N) is 1. The largest absolute Gasteiger partial charge is 0.445 e. The lowest BCUT2D eigenvalue weighted by molar-refractivity contribution is -0.384. The molecule has 28 heavy (non-hydrogen) atoms. The molecule has 0 aliphatic heterocycles.